The predicted octanol–water partition coefficient (Wildman–Crippen LogP) is 3.68. The maximum Gasteiger partial charge on any atom is 0.267 e. The first-order valence-electron chi connectivity index (χ1n) is 9.25. The first kappa shape index (κ1) is 19.5. The van der Waals surface area contributed by atoms with Crippen LogP contribution in [0.15, 0.2) is 53.5 Å². The molecule has 1 amide bonds. The predicted molar refractivity (Wildman–Crippen MR) is 110 cm³/mol. The van der Waals surface area contributed by atoms with Gasteiger partial charge >= 0.3 is 0 Å². The Labute approximate surface area is 164 Å². The van der Waals surface area contributed by atoms with Crippen molar-refractivity contribution in [3.05, 3.63) is 75.8 Å². The van der Waals surface area contributed by atoms with Gasteiger partial charge in [-0.15, -0.1) is 0 Å². The number of nitrogens with one attached hydrogen (secondary N) is 1. The molecule has 1 N–H and O–H groups in total. The number of benzene rings is 1. The minimum absolute atomic E-state index is 0.100. The molecule has 0 radical (unpaired) electrons. The molecule has 0 spiro atoms. The number of aryl methyl sites for hydroxylation is 2. The van der Waals surface area contributed by atoms with Crippen LogP contribution in [0.1, 0.15) is 36.6 Å². The zero-order valence-corrected chi connectivity index (χ0v) is 16.6. The summed E-state index contributed by atoms with van der Waals surface area (Å²) in [5.41, 5.74) is 4.20. The molecule has 3 aromatic rings. The Hall–Kier alpha value is -3.28. The number of nitrogens with zero attached hydrogens (tertiary/aromatic N) is 3. The molecule has 0 bridgehead atoms. The van der Waals surface area contributed by atoms with E-state index in [-0.39, 0.29) is 23.9 Å². The Kier molecular flexibility index (Phi) is 5.68. The number of pyridine rings is 1. The summed E-state index contributed by atoms with van der Waals surface area (Å²) in [6.45, 7) is 7.75. The Morgan fingerprint density at radius 1 is 1.14 bits per heavy atom. The summed E-state index contributed by atoms with van der Waals surface area (Å²) >= 11 is 0. The maximum absolute atomic E-state index is 12.6. The SMILES string of the molecule is Cc1cccc(-c2cc(=O)n(CC(=O)Nc3ncccc3C)nc2C(C)C)c1. The summed E-state index contributed by atoms with van der Waals surface area (Å²) in [7, 11) is 0. The van der Waals surface area contributed by atoms with Gasteiger partial charge in [0.2, 0.25) is 5.91 Å². The number of rotatable bonds is 5. The Bertz CT molecular complexity index is 1070. The van der Waals surface area contributed by atoms with Crippen molar-refractivity contribution in [3.8, 4) is 11.1 Å². The zero-order valence-electron chi connectivity index (χ0n) is 16.6. The van der Waals surface area contributed by atoms with Gasteiger partial charge in [0.05, 0.1) is 5.69 Å². The monoisotopic (exact) mass is 376 g/mol. The van der Waals surface area contributed by atoms with Crippen LogP contribution in [0, 0.1) is 13.8 Å². The molecule has 0 saturated heterocycles. The molecule has 6 heteroatoms. The highest BCUT2D eigenvalue weighted by atomic mass is 16.2. The lowest BCUT2D eigenvalue weighted by atomic mass is 9.97. The van der Waals surface area contributed by atoms with E-state index in [1.165, 1.54) is 4.68 Å². The minimum Gasteiger partial charge on any atom is -0.309 e. The highest BCUT2D eigenvalue weighted by Crippen LogP contribution is 2.26. The molecular weight excluding hydrogens is 352 g/mol. The maximum atomic E-state index is 12.6. The van der Waals surface area contributed by atoms with E-state index in [1.54, 1.807) is 18.3 Å². The average molecular weight is 376 g/mol. The van der Waals surface area contributed by atoms with Gasteiger partial charge in [-0.25, -0.2) is 9.67 Å². The highest BCUT2D eigenvalue weighted by molar-refractivity contribution is 5.90. The molecule has 3 rings (SSSR count). The van der Waals surface area contributed by atoms with Gasteiger partial charge in [0.1, 0.15) is 12.4 Å². The Morgan fingerprint density at radius 3 is 2.61 bits per heavy atom. The molecule has 2 heterocycles. The van der Waals surface area contributed by atoms with Gasteiger partial charge in [0, 0.05) is 17.8 Å². The standard InChI is InChI=1S/C22H24N4O2/c1-14(2)21-18(17-9-5-7-15(3)11-17)12-20(28)26(25-21)13-19(27)24-22-16(4)8-6-10-23-22/h5-12,14H,13H2,1-4H3,(H,23,24,27). The van der Waals surface area contributed by atoms with E-state index in [2.05, 4.69) is 15.4 Å². The van der Waals surface area contributed by atoms with E-state index >= 15 is 0 Å². The van der Waals surface area contributed by atoms with Crippen molar-refractivity contribution >= 4 is 11.7 Å². The fourth-order valence-electron chi connectivity index (χ4n) is 3.01. The largest absolute Gasteiger partial charge is 0.309 e. The molecule has 0 fully saturated rings. The smallest absolute Gasteiger partial charge is 0.267 e. The summed E-state index contributed by atoms with van der Waals surface area (Å²) in [5, 5.41) is 7.24. The molecule has 2 aromatic heterocycles. The number of carbonyl (C=O) groups is 1. The first-order chi connectivity index (χ1) is 13.3. The number of hydrogen-bond acceptors (Lipinski definition) is 4. The molecule has 144 valence electrons. The molecule has 6 nitrogen and oxygen atoms in total. The van der Waals surface area contributed by atoms with Gasteiger partial charge in [-0.3, -0.25) is 9.59 Å². The first-order valence-corrected chi connectivity index (χ1v) is 9.25. The summed E-state index contributed by atoms with van der Waals surface area (Å²) in [4.78, 5) is 29.2. The van der Waals surface area contributed by atoms with E-state index in [4.69, 9.17) is 0 Å². The van der Waals surface area contributed by atoms with Crippen LogP contribution in [0.25, 0.3) is 11.1 Å². The fourth-order valence-corrected chi connectivity index (χ4v) is 3.01. The number of carbonyl (C=O) groups excluding carboxylic acids is 1. The molecular formula is C22H24N4O2. The molecule has 1 aromatic carbocycles. The van der Waals surface area contributed by atoms with Crippen LogP contribution >= 0.6 is 0 Å². The zero-order chi connectivity index (χ0) is 20.3. The van der Waals surface area contributed by atoms with Crippen LogP contribution in [0.2, 0.25) is 0 Å². The summed E-state index contributed by atoms with van der Waals surface area (Å²) in [5.74, 6) is 0.249. The van der Waals surface area contributed by atoms with Gasteiger partial charge in [-0.1, -0.05) is 49.7 Å². The average Bonchev–Trinajstić information content (AvgIpc) is 2.64. The third-order valence-corrected chi connectivity index (χ3v) is 4.46. The van der Waals surface area contributed by atoms with Crippen LogP contribution < -0.4 is 10.9 Å². The molecule has 0 aliphatic carbocycles. The highest BCUT2D eigenvalue weighted by Gasteiger charge is 2.16. The molecule has 0 saturated carbocycles. The van der Waals surface area contributed by atoms with E-state index in [9.17, 15) is 9.59 Å². The molecule has 0 atom stereocenters. The second-order valence-electron chi connectivity index (χ2n) is 7.18. The Morgan fingerprint density at radius 2 is 1.93 bits per heavy atom. The van der Waals surface area contributed by atoms with Gasteiger partial charge in [0.25, 0.3) is 5.56 Å². The van der Waals surface area contributed by atoms with Crippen molar-refractivity contribution in [3.63, 3.8) is 0 Å². The number of anilines is 1. The number of hydrogen-bond donors (Lipinski definition) is 1. The fraction of sp³-hybridized carbons (Fsp3) is 0.273. The van der Waals surface area contributed by atoms with Crippen LogP contribution in [-0.4, -0.2) is 20.7 Å². The molecule has 0 aliphatic rings. The van der Waals surface area contributed by atoms with Crippen molar-refractivity contribution in [2.45, 2.75) is 40.2 Å². The van der Waals surface area contributed by atoms with E-state index in [0.29, 0.717) is 5.82 Å². The lowest BCUT2D eigenvalue weighted by Gasteiger charge is -2.15. The summed E-state index contributed by atoms with van der Waals surface area (Å²) < 4.78 is 1.21. The summed E-state index contributed by atoms with van der Waals surface area (Å²) in [6.07, 6.45) is 1.61. The second-order valence-corrected chi connectivity index (χ2v) is 7.18. The van der Waals surface area contributed by atoms with Gasteiger partial charge < -0.3 is 5.32 Å². The Balaban J connectivity index is 1.92. The van der Waals surface area contributed by atoms with Crippen molar-refractivity contribution in [2.75, 3.05) is 5.32 Å². The number of aromatic nitrogens is 3. The summed E-state index contributed by atoms with van der Waals surface area (Å²) in [6, 6.07) is 13.2. The normalized spacial score (nSPS) is 10.9. The topological polar surface area (TPSA) is 76.9 Å². The van der Waals surface area contributed by atoms with Crippen LogP contribution in [0.3, 0.4) is 0 Å². The molecule has 0 aliphatic heterocycles. The third kappa shape index (κ3) is 4.34. The van der Waals surface area contributed by atoms with Crippen LogP contribution in [0.4, 0.5) is 5.82 Å². The van der Waals surface area contributed by atoms with Gasteiger partial charge in [-0.2, -0.15) is 5.10 Å². The number of amides is 1. The van der Waals surface area contributed by atoms with Crippen molar-refractivity contribution in [2.24, 2.45) is 0 Å². The van der Waals surface area contributed by atoms with E-state index in [0.717, 1.165) is 27.9 Å². The molecule has 0 unspecified atom stereocenters. The van der Waals surface area contributed by atoms with Crippen molar-refractivity contribution in [1.29, 1.82) is 0 Å². The van der Waals surface area contributed by atoms with Gasteiger partial charge in [-0.05, 0) is 37.0 Å². The van der Waals surface area contributed by atoms with Gasteiger partial charge in [0.15, 0.2) is 0 Å². The van der Waals surface area contributed by atoms with Crippen molar-refractivity contribution < 1.29 is 4.79 Å². The lowest BCUT2D eigenvalue weighted by Crippen LogP contribution is -2.31. The van der Waals surface area contributed by atoms with Crippen LogP contribution in [0.5, 0.6) is 0 Å². The molecule has 28 heavy (non-hydrogen) atoms. The van der Waals surface area contributed by atoms with E-state index in [1.807, 2.05) is 58.0 Å². The second kappa shape index (κ2) is 8.17. The van der Waals surface area contributed by atoms with Crippen molar-refractivity contribution in [1.82, 2.24) is 14.8 Å². The van der Waals surface area contributed by atoms with E-state index < -0.39 is 0 Å². The quantitative estimate of drug-likeness (QED) is 0.737. The lowest BCUT2D eigenvalue weighted by molar-refractivity contribution is -0.117. The van der Waals surface area contributed by atoms with Crippen LogP contribution in [-0.2, 0) is 11.3 Å². The minimum atomic E-state index is -0.339. The third-order valence-electron chi connectivity index (χ3n) is 4.46.